The summed E-state index contributed by atoms with van der Waals surface area (Å²) in [7, 11) is -3.39. The number of benzene rings is 1. The number of rotatable bonds is 5. The van der Waals surface area contributed by atoms with E-state index < -0.39 is 10.0 Å². The zero-order valence-corrected chi connectivity index (χ0v) is 13.2. The molecule has 1 fully saturated rings. The highest BCUT2D eigenvalue weighted by molar-refractivity contribution is 7.89. The van der Waals surface area contributed by atoms with Crippen LogP contribution in [-0.2, 0) is 23.1 Å². The first kappa shape index (κ1) is 15.0. The topological polar surface area (TPSA) is 61.4 Å². The molecule has 0 aliphatic carbocycles. The Morgan fingerprint density at radius 1 is 1.33 bits per heavy atom. The van der Waals surface area contributed by atoms with Crippen LogP contribution in [0.5, 0.6) is 0 Å². The van der Waals surface area contributed by atoms with Gasteiger partial charge in [-0.1, -0.05) is 13.0 Å². The fraction of sp³-hybridized carbons (Fsp3) is 0.600. The Morgan fingerprint density at radius 2 is 2.14 bits per heavy atom. The molecule has 21 heavy (non-hydrogen) atoms. The minimum absolute atomic E-state index is 0.385. The van der Waals surface area contributed by atoms with E-state index in [1.165, 1.54) is 5.56 Å². The molecule has 0 saturated carbocycles. The lowest BCUT2D eigenvalue weighted by atomic mass is 10.1. The molecular formula is C15H23N3O2S. The normalized spacial score (nSPS) is 22.6. The van der Waals surface area contributed by atoms with Crippen LogP contribution in [0.4, 0.5) is 0 Å². The first-order valence-electron chi connectivity index (χ1n) is 7.63. The van der Waals surface area contributed by atoms with Gasteiger partial charge in [-0.25, -0.2) is 13.1 Å². The minimum atomic E-state index is -3.39. The summed E-state index contributed by atoms with van der Waals surface area (Å²) >= 11 is 0. The number of hydrogen-bond acceptors (Lipinski definition) is 4. The zero-order valence-electron chi connectivity index (χ0n) is 12.4. The van der Waals surface area contributed by atoms with Crippen molar-refractivity contribution in [3.63, 3.8) is 0 Å². The quantitative estimate of drug-likeness (QED) is 0.849. The van der Waals surface area contributed by atoms with Gasteiger partial charge in [0.1, 0.15) is 0 Å². The Hall–Kier alpha value is -0.950. The number of nitrogens with one attached hydrogen (secondary N) is 2. The van der Waals surface area contributed by atoms with Crippen molar-refractivity contribution in [2.45, 2.75) is 31.3 Å². The van der Waals surface area contributed by atoms with Gasteiger partial charge in [0.2, 0.25) is 10.0 Å². The molecule has 0 spiro atoms. The highest BCUT2D eigenvalue weighted by atomic mass is 32.2. The van der Waals surface area contributed by atoms with E-state index in [1.807, 2.05) is 6.07 Å². The lowest BCUT2D eigenvalue weighted by Gasteiger charge is -2.14. The molecule has 2 aliphatic heterocycles. The first-order valence-corrected chi connectivity index (χ1v) is 9.11. The molecule has 1 saturated heterocycles. The Labute approximate surface area is 126 Å². The van der Waals surface area contributed by atoms with Crippen LogP contribution in [0.1, 0.15) is 24.5 Å². The molecule has 0 bridgehead atoms. The third-order valence-corrected chi connectivity index (χ3v) is 5.92. The van der Waals surface area contributed by atoms with E-state index in [0.29, 0.717) is 17.4 Å². The van der Waals surface area contributed by atoms with Crippen LogP contribution in [0.2, 0.25) is 0 Å². The van der Waals surface area contributed by atoms with E-state index in [9.17, 15) is 8.42 Å². The van der Waals surface area contributed by atoms with Crippen molar-refractivity contribution in [3.8, 4) is 0 Å². The van der Waals surface area contributed by atoms with Gasteiger partial charge in [-0.2, -0.15) is 0 Å². The number of hydrogen-bond donors (Lipinski definition) is 2. The summed E-state index contributed by atoms with van der Waals surface area (Å²) in [5.41, 5.74) is 2.29. The SMILES string of the molecule is CCN1CCC(CNS(=O)(=O)c2ccc3c(c2)CNC3)C1. The van der Waals surface area contributed by atoms with E-state index in [1.54, 1.807) is 12.1 Å². The molecule has 0 aromatic heterocycles. The van der Waals surface area contributed by atoms with Crippen molar-refractivity contribution >= 4 is 10.0 Å². The lowest BCUT2D eigenvalue weighted by molar-refractivity contribution is 0.342. The zero-order chi connectivity index (χ0) is 14.9. The van der Waals surface area contributed by atoms with Gasteiger partial charge in [0.15, 0.2) is 0 Å². The van der Waals surface area contributed by atoms with Crippen molar-refractivity contribution in [1.29, 1.82) is 0 Å². The lowest BCUT2D eigenvalue weighted by Crippen LogP contribution is -2.31. The summed E-state index contributed by atoms with van der Waals surface area (Å²) in [4.78, 5) is 2.75. The average Bonchev–Trinajstić information content (AvgIpc) is 3.13. The molecule has 1 atom stereocenters. The highest BCUT2D eigenvalue weighted by Crippen LogP contribution is 2.21. The largest absolute Gasteiger partial charge is 0.309 e. The van der Waals surface area contributed by atoms with Gasteiger partial charge in [-0.15, -0.1) is 0 Å². The standard InChI is InChI=1S/C15H23N3O2S/c1-2-18-6-5-12(11-18)8-17-21(19,20)15-4-3-13-9-16-10-14(13)7-15/h3-4,7,12,16-17H,2,5-6,8-11H2,1H3. The van der Waals surface area contributed by atoms with Crippen molar-refractivity contribution in [2.75, 3.05) is 26.2 Å². The predicted molar refractivity (Wildman–Crippen MR) is 82.4 cm³/mol. The molecule has 0 amide bonds. The molecule has 0 radical (unpaired) electrons. The third kappa shape index (κ3) is 3.29. The van der Waals surface area contributed by atoms with Crippen LogP contribution in [-0.4, -0.2) is 39.5 Å². The van der Waals surface area contributed by atoms with Crippen molar-refractivity contribution in [2.24, 2.45) is 5.92 Å². The molecular weight excluding hydrogens is 286 g/mol. The highest BCUT2D eigenvalue weighted by Gasteiger charge is 2.24. The minimum Gasteiger partial charge on any atom is -0.309 e. The van der Waals surface area contributed by atoms with Crippen LogP contribution in [0.25, 0.3) is 0 Å². The molecule has 2 aliphatic rings. The Kier molecular flexibility index (Phi) is 4.31. The Balaban J connectivity index is 1.64. The maximum atomic E-state index is 12.4. The molecule has 1 aromatic carbocycles. The summed E-state index contributed by atoms with van der Waals surface area (Å²) in [5.74, 6) is 0.427. The number of sulfonamides is 1. The van der Waals surface area contributed by atoms with Crippen LogP contribution in [0.15, 0.2) is 23.1 Å². The van der Waals surface area contributed by atoms with Crippen molar-refractivity contribution < 1.29 is 8.42 Å². The van der Waals surface area contributed by atoms with E-state index in [4.69, 9.17) is 0 Å². The van der Waals surface area contributed by atoms with Gasteiger partial charge in [-0.3, -0.25) is 0 Å². The number of likely N-dealkylation sites (tertiary alicyclic amines) is 1. The van der Waals surface area contributed by atoms with E-state index >= 15 is 0 Å². The van der Waals surface area contributed by atoms with Crippen LogP contribution in [0.3, 0.4) is 0 Å². The van der Waals surface area contributed by atoms with E-state index in [2.05, 4.69) is 21.9 Å². The molecule has 3 rings (SSSR count). The monoisotopic (exact) mass is 309 g/mol. The van der Waals surface area contributed by atoms with Crippen LogP contribution >= 0.6 is 0 Å². The smallest absolute Gasteiger partial charge is 0.240 e. The summed E-state index contributed by atoms with van der Waals surface area (Å²) in [6.45, 7) is 7.38. The second-order valence-electron chi connectivity index (χ2n) is 5.93. The third-order valence-electron chi connectivity index (χ3n) is 4.50. The fourth-order valence-electron chi connectivity index (χ4n) is 3.12. The molecule has 2 N–H and O–H groups in total. The molecule has 6 heteroatoms. The van der Waals surface area contributed by atoms with Gasteiger partial charge < -0.3 is 10.2 Å². The van der Waals surface area contributed by atoms with Crippen molar-refractivity contribution in [3.05, 3.63) is 29.3 Å². The molecule has 116 valence electrons. The van der Waals surface area contributed by atoms with Crippen LogP contribution < -0.4 is 10.0 Å². The van der Waals surface area contributed by atoms with Crippen molar-refractivity contribution in [1.82, 2.24) is 14.9 Å². The fourth-order valence-corrected chi connectivity index (χ4v) is 4.28. The molecule has 2 heterocycles. The molecule has 1 unspecified atom stereocenters. The van der Waals surface area contributed by atoms with E-state index in [-0.39, 0.29) is 0 Å². The number of nitrogens with zero attached hydrogens (tertiary/aromatic N) is 1. The first-order chi connectivity index (χ1) is 10.1. The molecule has 5 nitrogen and oxygen atoms in total. The summed E-state index contributed by atoms with van der Waals surface area (Å²) in [5, 5.41) is 3.23. The maximum Gasteiger partial charge on any atom is 0.240 e. The van der Waals surface area contributed by atoms with Gasteiger partial charge in [-0.05, 0) is 48.7 Å². The summed E-state index contributed by atoms with van der Waals surface area (Å²) < 4.78 is 27.6. The average molecular weight is 309 g/mol. The van der Waals surface area contributed by atoms with Gasteiger partial charge in [0.25, 0.3) is 0 Å². The summed E-state index contributed by atoms with van der Waals surface area (Å²) in [6.07, 6.45) is 1.07. The second-order valence-corrected chi connectivity index (χ2v) is 7.70. The number of fused-ring (bicyclic) bond motifs is 1. The Morgan fingerprint density at radius 3 is 2.90 bits per heavy atom. The Bertz CT molecular complexity index is 615. The van der Waals surface area contributed by atoms with Gasteiger partial charge >= 0.3 is 0 Å². The van der Waals surface area contributed by atoms with Crippen LogP contribution in [0, 0.1) is 5.92 Å². The summed E-state index contributed by atoms with van der Waals surface area (Å²) in [6, 6.07) is 5.42. The maximum absolute atomic E-state index is 12.4. The van der Waals surface area contributed by atoms with Gasteiger partial charge in [0, 0.05) is 26.2 Å². The van der Waals surface area contributed by atoms with Gasteiger partial charge in [0.05, 0.1) is 4.90 Å². The second kappa shape index (κ2) is 6.04. The predicted octanol–water partition coefficient (Wildman–Crippen LogP) is 0.910. The van der Waals surface area contributed by atoms with E-state index in [0.717, 1.165) is 44.7 Å². The molecule has 1 aromatic rings.